The van der Waals surface area contributed by atoms with E-state index in [2.05, 4.69) is 50.3 Å². The fourth-order valence-electron chi connectivity index (χ4n) is 1.64. The Morgan fingerprint density at radius 3 is 2.75 bits per heavy atom. The van der Waals surface area contributed by atoms with E-state index in [1.165, 1.54) is 17.0 Å². The molecule has 0 saturated carbocycles. The first-order chi connectivity index (χ1) is 5.79. The van der Waals surface area contributed by atoms with E-state index in [4.69, 9.17) is 0 Å². The zero-order valence-corrected chi connectivity index (χ0v) is 7.54. The summed E-state index contributed by atoms with van der Waals surface area (Å²) in [4.78, 5) is 0. The molecule has 0 fully saturated rings. The summed E-state index contributed by atoms with van der Waals surface area (Å²) < 4.78 is 0. The minimum absolute atomic E-state index is 0.597. The Hall–Kier alpha value is -1.04. The number of hydrogen-bond acceptors (Lipinski definition) is 0. The molecule has 0 bridgehead atoms. The molecule has 0 N–H and O–H groups in total. The summed E-state index contributed by atoms with van der Waals surface area (Å²) in [6, 6.07) is 8.56. The van der Waals surface area contributed by atoms with Crippen LogP contribution in [0.15, 0.2) is 30.3 Å². The summed E-state index contributed by atoms with van der Waals surface area (Å²) in [5.74, 6) is 2.08. The molecule has 1 radical (unpaired) electrons. The molecular formula is C12H13. The van der Waals surface area contributed by atoms with Crippen molar-refractivity contribution in [2.24, 2.45) is 5.92 Å². The molecule has 0 spiro atoms. The van der Waals surface area contributed by atoms with Gasteiger partial charge in [0.1, 0.15) is 0 Å². The maximum Gasteiger partial charge on any atom is 0.00907 e. The topological polar surface area (TPSA) is 0 Å². The normalized spacial score (nSPS) is 22.3. The van der Waals surface area contributed by atoms with Gasteiger partial charge in [-0.05, 0) is 17.0 Å². The smallest absolute Gasteiger partial charge is 0.00907 e. The summed E-state index contributed by atoms with van der Waals surface area (Å²) in [7, 11) is 0. The van der Waals surface area contributed by atoms with Gasteiger partial charge in [0.25, 0.3) is 0 Å². The third kappa shape index (κ3) is 1.08. The van der Waals surface area contributed by atoms with Crippen LogP contribution in [-0.4, -0.2) is 0 Å². The van der Waals surface area contributed by atoms with Crippen molar-refractivity contribution >= 4 is 6.08 Å². The first-order valence-electron chi connectivity index (χ1n) is 4.40. The number of rotatable bonds is 0. The van der Waals surface area contributed by atoms with Crippen molar-refractivity contribution in [2.75, 3.05) is 0 Å². The summed E-state index contributed by atoms with van der Waals surface area (Å²) in [5, 5.41) is 0. The van der Waals surface area contributed by atoms with Crippen molar-refractivity contribution in [3.05, 3.63) is 47.4 Å². The number of hydrogen-bond donors (Lipinski definition) is 0. The van der Waals surface area contributed by atoms with Gasteiger partial charge in [-0.3, -0.25) is 0 Å². The predicted molar refractivity (Wildman–Crippen MR) is 52.7 cm³/mol. The van der Waals surface area contributed by atoms with Crippen LogP contribution in [-0.2, 0) is 0 Å². The summed E-state index contributed by atoms with van der Waals surface area (Å²) in [6.45, 7) is 4.45. The lowest BCUT2D eigenvalue weighted by molar-refractivity contribution is 0.761. The summed E-state index contributed by atoms with van der Waals surface area (Å²) >= 11 is 0. The van der Waals surface area contributed by atoms with Gasteiger partial charge in [-0.15, -0.1) is 0 Å². The number of allylic oxidation sites excluding steroid dienone is 1. The zero-order valence-electron chi connectivity index (χ0n) is 7.54. The Balaban J connectivity index is 2.52. The second-order valence-corrected chi connectivity index (χ2v) is 3.42. The van der Waals surface area contributed by atoms with Gasteiger partial charge in [-0.25, -0.2) is 0 Å². The SMILES string of the molecule is C[C]1c2ccccc2C=CC1C. The molecule has 0 saturated heterocycles. The van der Waals surface area contributed by atoms with Gasteiger partial charge >= 0.3 is 0 Å². The maximum absolute atomic E-state index is 2.26. The minimum atomic E-state index is 0.597. The Morgan fingerprint density at radius 1 is 1.17 bits per heavy atom. The van der Waals surface area contributed by atoms with Crippen molar-refractivity contribution in [2.45, 2.75) is 13.8 Å². The zero-order chi connectivity index (χ0) is 8.55. The van der Waals surface area contributed by atoms with Crippen LogP contribution in [0.25, 0.3) is 6.08 Å². The fourth-order valence-corrected chi connectivity index (χ4v) is 1.64. The predicted octanol–water partition coefficient (Wildman–Crippen LogP) is 3.29. The van der Waals surface area contributed by atoms with Gasteiger partial charge in [0.2, 0.25) is 0 Å². The van der Waals surface area contributed by atoms with Crippen LogP contribution in [0.4, 0.5) is 0 Å². The molecule has 1 aliphatic rings. The van der Waals surface area contributed by atoms with Crippen molar-refractivity contribution in [1.29, 1.82) is 0 Å². The van der Waals surface area contributed by atoms with Crippen molar-refractivity contribution < 1.29 is 0 Å². The Bertz CT molecular complexity index is 310. The van der Waals surface area contributed by atoms with E-state index in [1.807, 2.05) is 0 Å². The first-order valence-corrected chi connectivity index (χ1v) is 4.40. The lowest BCUT2D eigenvalue weighted by atomic mass is 9.82. The monoisotopic (exact) mass is 157 g/mol. The van der Waals surface area contributed by atoms with Crippen molar-refractivity contribution in [3.8, 4) is 0 Å². The molecule has 1 aliphatic carbocycles. The van der Waals surface area contributed by atoms with E-state index < -0.39 is 0 Å². The van der Waals surface area contributed by atoms with Crippen LogP contribution in [0.3, 0.4) is 0 Å². The fraction of sp³-hybridized carbons (Fsp3) is 0.250. The van der Waals surface area contributed by atoms with E-state index in [9.17, 15) is 0 Å². The molecule has 0 amide bonds. The van der Waals surface area contributed by atoms with Crippen LogP contribution >= 0.6 is 0 Å². The average Bonchev–Trinajstić information content (AvgIpc) is 2.12. The lowest BCUT2D eigenvalue weighted by Gasteiger charge is -2.22. The molecule has 12 heavy (non-hydrogen) atoms. The van der Waals surface area contributed by atoms with Gasteiger partial charge in [0.15, 0.2) is 0 Å². The molecule has 0 heterocycles. The second-order valence-electron chi connectivity index (χ2n) is 3.42. The van der Waals surface area contributed by atoms with E-state index >= 15 is 0 Å². The largest absolute Gasteiger partial charge is 0.0802 e. The minimum Gasteiger partial charge on any atom is -0.0802 e. The van der Waals surface area contributed by atoms with E-state index in [0.717, 1.165) is 0 Å². The first kappa shape index (κ1) is 7.60. The van der Waals surface area contributed by atoms with Gasteiger partial charge in [-0.2, -0.15) is 0 Å². The molecule has 0 aromatic heterocycles. The van der Waals surface area contributed by atoms with Crippen LogP contribution in [0.2, 0.25) is 0 Å². The number of benzene rings is 1. The highest BCUT2D eigenvalue weighted by Crippen LogP contribution is 2.31. The molecule has 1 aromatic rings. The number of fused-ring (bicyclic) bond motifs is 1. The van der Waals surface area contributed by atoms with Gasteiger partial charge < -0.3 is 0 Å². The maximum atomic E-state index is 2.26. The Kier molecular flexibility index (Phi) is 1.76. The molecule has 2 rings (SSSR count). The van der Waals surface area contributed by atoms with Gasteiger partial charge in [0.05, 0.1) is 0 Å². The van der Waals surface area contributed by atoms with Crippen LogP contribution in [0.1, 0.15) is 25.0 Å². The Morgan fingerprint density at radius 2 is 1.92 bits per heavy atom. The molecule has 1 aromatic carbocycles. The molecule has 61 valence electrons. The van der Waals surface area contributed by atoms with Crippen molar-refractivity contribution in [3.63, 3.8) is 0 Å². The van der Waals surface area contributed by atoms with Crippen LogP contribution in [0, 0.1) is 11.8 Å². The van der Waals surface area contributed by atoms with E-state index in [-0.39, 0.29) is 0 Å². The lowest BCUT2D eigenvalue weighted by Crippen LogP contribution is -2.09. The van der Waals surface area contributed by atoms with Crippen molar-refractivity contribution in [1.82, 2.24) is 0 Å². The average molecular weight is 157 g/mol. The Labute approximate surface area is 73.9 Å². The highest BCUT2D eigenvalue weighted by molar-refractivity contribution is 5.62. The molecule has 1 atom stereocenters. The van der Waals surface area contributed by atoms with Crippen LogP contribution < -0.4 is 0 Å². The second kappa shape index (κ2) is 2.78. The van der Waals surface area contributed by atoms with Gasteiger partial charge in [0, 0.05) is 5.92 Å². The van der Waals surface area contributed by atoms with Gasteiger partial charge in [-0.1, -0.05) is 50.3 Å². The summed E-state index contributed by atoms with van der Waals surface area (Å²) in [6.07, 6.45) is 4.48. The molecule has 0 aliphatic heterocycles. The van der Waals surface area contributed by atoms with Crippen LogP contribution in [0.5, 0.6) is 0 Å². The third-order valence-corrected chi connectivity index (χ3v) is 2.63. The highest BCUT2D eigenvalue weighted by Gasteiger charge is 2.18. The van der Waals surface area contributed by atoms with E-state index in [0.29, 0.717) is 5.92 Å². The summed E-state index contributed by atoms with van der Waals surface area (Å²) in [5.41, 5.74) is 2.76. The van der Waals surface area contributed by atoms with E-state index in [1.54, 1.807) is 0 Å². The molecule has 1 unspecified atom stereocenters. The quantitative estimate of drug-likeness (QED) is 0.542. The molecular weight excluding hydrogens is 144 g/mol. The highest BCUT2D eigenvalue weighted by atomic mass is 14.2. The molecule has 0 nitrogen and oxygen atoms in total. The molecule has 0 heteroatoms. The third-order valence-electron chi connectivity index (χ3n) is 2.63. The standard InChI is InChI=1S/C12H13/c1-9-7-8-11-5-3-4-6-12(11)10(9)2/h3-9H,1-2H3.